The van der Waals surface area contributed by atoms with Crippen molar-refractivity contribution in [3.05, 3.63) is 71.3 Å². The van der Waals surface area contributed by atoms with E-state index in [0.29, 0.717) is 12.3 Å². The fourth-order valence-corrected chi connectivity index (χ4v) is 3.88. The Balaban J connectivity index is 1.37. The molecule has 0 N–H and O–H groups in total. The molecule has 3 heteroatoms. The summed E-state index contributed by atoms with van der Waals surface area (Å²) in [4.78, 5) is 14.4. The number of carbonyl (C=O) groups excluding carboxylic acids is 1. The van der Waals surface area contributed by atoms with Crippen LogP contribution in [0.2, 0.25) is 0 Å². The van der Waals surface area contributed by atoms with Crippen molar-refractivity contribution in [1.29, 1.82) is 0 Å². The van der Waals surface area contributed by atoms with E-state index in [9.17, 15) is 4.79 Å². The van der Waals surface area contributed by atoms with Crippen LogP contribution in [0.15, 0.2) is 54.6 Å². The first-order valence-electron chi connectivity index (χ1n) is 8.29. The van der Waals surface area contributed by atoms with Crippen LogP contribution in [0.5, 0.6) is 0 Å². The third-order valence-electron chi connectivity index (χ3n) is 4.27. The molecule has 120 valence electrons. The number of hydrogen-bond acceptors (Lipinski definition) is 2. The molecule has 0 aromatic heterocycles. The Morgan fingerprint density at radius 2 is 1.74 bits per heavy atom. The van der Waals surface area contributed by atoms with E-state index in [2.05, 4.69) is 48.5 Å². The SMILES string of the molecule is O=C(CCCSCc1ccccc1)N1CCc2ccccc2C1. The Morgan fingerprint density at radius 3 is 2.57 bits per heavy atom. The summed E-state index contributed by atoms with van der Waals surface area (Å²) < 4.78 is 0. The van der Waals surface area contributed by atoms with Gasteiger partial charge in [-0.2, -0.15) is 11.8 Å². The van der Waals surface area contributed by atoms with Crippen LogP contribution in [0.3, 0.4) is 0 Å². The van der Waals surface area contributed by atoms with Gasteiger partial charge < -0.3 is 4.90 Å². The van der Waals surface area contributed by atoms with E-state index in [0.717, 1.165) is 37.4 Å². The van der Waals surface area contributed by atoms with E-state index in [4.69, 9.17) is 0 Å². The quantitative estimate of drug-likeness (QED) is 0.739. The molecular formula is C20H23NOS. The van der Waals surface area contributed by atoms with Gasteiger partial charge in [-0.1, -0.05) is 54.6 Å². The lowest BCUT2D eigenvalue weighted by atomic mass is 10.00. The van der Waals surface area contributed by atoms with E-state index < -0.39 is 0 Å². The predicted molar refractivity (Wildman–Crippen MR) is 97.4 cm³/mol. The Labute approximate surface area is 142 Å². The van der Waals surface area contributed by atoms with Gasteiger partial charge in [-0.3, -0.25) is 4.79 Å². The lowest BCUT2D eigenvalue weighted by Gasteiger charge is -2.29. The Kier molecular flexibility index (Phi) is 5.76. The molecule has 23 heavy (non-hydrogen) atoms. The monoisotopic (exact) mass is 325 g/mol. The van der Waals surface area contributed by atoms with Gasteiger partial charge in [-0.25, -0.2) is 0 Å². The van der Waals surface area contributed by atoms with Gasteiger partial charge in [0.05, 0.1) is 0 Å². The van der Waals surface area contributed by atoms with Gasteiger partial charge in [0.2, 0.25) is 5.91 Å². The fourth-order valence-electron chi connectivity index (χ4n) is 2.96. The van der Waals surface area contributed by atoms with Crippen LogP contribution >= 0.6 is 11.8 Å². The Morgan fingerprint density at radius 1 is 1.00 bits per heavy atom. The normalized spacial score (nSPS) is 13.7. The maximum atomic E-state index is 12.4. The number of benzene rings is 2. The van der Waals surface area contributed by atoms with Crippen LogP contribution in [0, 0.1) is 0 Å². The largest absolute Gasteiger partial charge is 0.338 e. The van der Waals surface area contributed by atoms with E-state index in [1.54, 1.807) is 0 Å². The first-order chi connectivity index (χ1) is 11.3. The average molecular weight is 325 g/mol. The summed E-state index contributed by atoms with van der Waals surface area (Å²) in [6.07, 6.45) is 2.63. The number of carbonyl (C=O) groups is 1. The Hall–Kier alpha value is -1.74. The molecule has 1 aliphatic heterocycles. The first-order valence-corrected chi connectivity index (χ1v) is 9.44. The highest BCUT2D eigenvalue weighted by Crippen LogP contribution is 2.20. The van der Waals surface area contributed by atoms with Gasteiger partial charge >= 0.3 is 0 Å². The second-order valence-electron chi connectivity index (χ2n) is 5.98. The number of fused-ring (bicyclic) bond motifs is 1. The molecule has 0 aliphatic carbocycles. The summed E-state index contributed by atoms with van der Waals surface area (Å²) in [5, 5.41) is 0. The van der Waals surface area contributed by atoms with E-state index in [1.807, 2.05) is 22.7 Å². The smallest absolute Gasteiger partial charge is 0.222 e. The van der Waals surface area contributed by atoms with Gasteiger partial charge in [0.1, 0.15) is 0 Å². The van der Waals surface area contributed by atoms with Gasteiger partial charge in [0, 0.05) is 25.3 Å². The molecule has 1 aliphatic rings. The van der Waals surface area contributed by atoms with Crippen molar-refractivity contribution in [2.24, 2.45) is 0 Å². The third kappa shape index (κ3) is 4.61. The summed E-state index contributed by atoms with van der Waals surface area (Å²) in [7, 11) is 0. The molecule has 0 spiro atoms. The van der Waals surface area contributed by atoms with Crippen molar-refractivity contribution in [3.8, 4) is 0 Å². The minimum atomic E-state index is 0.305. The number of thioether (sulfide) groups is 1. The van der Waals surface area contributed by atoms with Gasteiger partial charge in [0.15, 0.2) is 0 Å². The van der Waals surface area contributed by atoms with Crippen molar-refractivity contribution >= 4 is 17.7 Å². The highest BCUT2D eigenvalue weighted by molar-refractivity contribution is 7.98. The zero-order chi connectivity index (χ0) is 15.9. The number of hydrogen-bond donors (Lipinski definition) is 0. The molecule has 2 aromatic carbocycles. The minimum Gasteiger partial charge on any atom is -0.338 e. The molecular weight excluding hydrogens is 302 g/mol. The van der Waals surface area contributed by atoms with Gasteiger partial charge in [-0.05, 0) is 35.3 Å². The second kappa shape index (κ2) is 8.21. The molecule has 1 heterocycles. The predicted octanol–water partition coefficient (Wildman–Crippen LogP) is 4.28. The molecule has 0 saturated heterocycles. The van der Waals surface area contributed by atoms with E-state index in [1.165, 1.54) is 16.7 Å². The molecule has 0 fully saturated rings. The van der Waals surface area contributed by atoms with Crippen LogP contribution in [0.4, 0.5) is 0 Å². The van der Waals surface area contributed by atoms with Crippen molar-refractivity contribution in [3.63, 3.8) is 0 Å². The summed E-state index contributed by atoms with van der Waals surface area (Å²) in [6.45, 7) is 1.65. The van der Waals surface area contributed by atoms with Crippen LogP contribution in [0.25, 0.3) is 0 Å². The number of nitrogens with zero attached hydrogens (tertiary/aromatic N) is 1. The highest BCUT2D eigenvalue weighted by Gasteiger charge is 2.19. The molecule has 0 unspecified atom stereocenters. The third-order valence-corrected chi connectivity index (χ3v) is 5.39. The Bertz CT molecular complexity index is 641. The van der Waals surface area contributed by atoms with Crippen molar-refractivity contribution in [1.82, 2.24) is 4.90 Å². The van der Waals surface area contributed by atoms with E-state index >= 15 is 0 Å². The minimum absolute atomic E-state index is 0.305. The first kappa shape index (κ1) is 16.1. The highest BCUT2D eigenvalue weighted by atomic mass is 32.2. The van der Waals surface area contributed by atoms with E-state index in [-0.39, 0.29) is 0 Å². The maximum absolute atomic E-state index is 12.4. The van der Waals surface area contributed by atoms with Crippen LogP contribution in [0.1, 0.15) is 29.5 Å². The average Bonchev–Trinajstić information content (AvgIpc) is 2.61. The molecule has 0 saturated carbocycles. The lowest BCUT2D eigenvalue weighted by Crippen LogP contribution is -2.35. The van der Waals surface area contributed by atoms with Crippen LogP contribution in [-0.2, 0) is 23.5 Å². The molecule has 0 bridgehead atoms. The standard InChI is InChI=1S/C20H23NOS/c22-20(11-6-14-23-16-17-7-2-1-3-8-17)21-13-12-18-9-4-5-10-19(18)15-21/h1-5,7-10H,6,11-16H2. The van der Waals surface area contributed by atoms with Crippen molar-refractivity contribution < 1.29 is 4.79 Å². The zero-order valence-corrected chi connectivity index (χ0v) is 14.2. The molecule has 1 amide bonds. The zero-order valence-electron chi connectivity index (χ0n) is 13.4. The second-order valence-corrected chi connectivity index (χ2v) is 7.08. The van der Waals surface area contributed by atoms with Gasteiger partial charge in [0.25, 0.3) is 0 Å². The van der Waals surface area contributed by atoms with Crippen molar-refractivity contribution in [2.45, 2.75) is 31.6 Å². The topological polar surface area (TPSA) is 20.3 Å². The maximum Gasteiger partial charge on any atom is 0.222 e. The van der Waals surface area contributed by atoms with Crippen LogP contribution in [-0.4, -0.2) is 23.1 Å². The molecule has 2 aromatic rings. The summed E-state index contributed by atoms with van der Waals surface area (Å²) in [5.41, 5.74) is 4.07. The number of rotatable bonds is 6. The molecule has 2 nitrogen and oxygen atoms in total. The fraction of sp³-hybridized carbons (Fsp3) is 0.350. The lowest BCUT2D eigenvalue weighted by molar-refractivity contribution is -0.132. The summed E-state index contributed by atoms with van der Waals surface area (Å²) in [5.74, 6) is 2.39. The van der Waals surface area contributed by atoms with Crippen LogP contribution < -0.4 is 0 Å². The molecule has 0 atom stereocenters. The molecule has 0 radical (unpaired) electrons. The number of amides is 1. The molecule has 3 rings (SSSR count). The summed E-state index contributed by atoms with van der Waals surface area (Å²) in [6, 6.07) is 19.0. The summed E-state index contributed by atoms with van der Waals surface area (Å²) >= 11 is 1.91. The van der Waals surface area contributed by atoms with Gasteiger partial charge in [-0.15, -0.1) is 0 Å². The van der Waals surface area contributed by atoms with Crippen molar-refractivity contribution in [2.75, 3.05) is 12.3 Å².